The molecule has 3 rings (SSSR count). The maximum absolute atomic E-state index is 12.7. The smallest absolute Gasteiger partial charge is 0.311 e. The Morgan fingerprint density at radius 3 is 2.08 bits per heavy atom. The van der Waals surface area contributed by atoms with Crippen molar-refractivity contribution in [2.24, 2.45) is 5.92 Å². The van der Waals surface area contributed by atoms with Crippen molar-refractivity contribution in [3.05, 3.63) is 11.8 Å². The molecule has 0 radical (unpaired) electrons. The predicted octanol–water partition coefficient (Wildman–Crippen LogP) is -0.666. The van der Waals surface area contributed by atoms with Crippen LogP contribution in [0.2, 0.25) is 0 Å². The Kier molecular flexibility index (Phi) is 5.28. The summed E-state index contributed by atoms with van der Waals surface area (Å²) in [4.78, 5) is 28.3. The molecule has 3 heterocycles. The summed E-state index contributed by atoms with van der Waals surface area (Å²) in [5.41, 5.74) is 0. The van der Waals surface area contributed by atoms with Crippen molar-refractivity contribution in [1.29, 1.82) is 0 Å². The van der Waals surface area contributed by atoms with Crippen molar-refractivity contribution in [3.63, 3.8) is 0 Å². The number of aromatic nitrogens is 2. The van der Waals surface area contributed by atoms with Crippen LogP contribution in [-0.4, -0.2) is 90.1 Å². The van der Waals surface area contributed by atoms with E-state index >= 15 is 0 Å². The van der Waals surface area contributed by atoms with E-state index in [4.69, 9.17) is 4.42 Å². The minimum Gasteiger partial charge on any atom is -0.417 e. The summed E-state index contributed by atoms with van der Waals surface area (Å²) in [6.45, 7) is 4.10. The molecule has 11 heteroatoms. The lowest BCUT2D eigenvalue weighted by molar-refractivity contribution is -0.138. The van der Waals surface area contributed by atoms with E-state index in [0.717, 1.165) is 0 Å². The molecule has 1 aromatic rings. The Bertz CT molecular complexity index is 776. The highest BCUT2D eigenvalue weighted by Gasteiger charge is 2.34. The molecule has 0 unspecified atom stereocenters. The first kappa shape index (κ1) is 18.8. The molecule has 10 nitrogen and oxygen atoms in total. The second-order valence-electron chi connectivity index (χ2n) is 6.68. The third kappa shape index (κ3) is 4.04. The molecule has 0 atom stereocenters. The number of aryl methyl sites for hydroxylation is 1. The Labute approximate surface area is 152 Å². The van der Waals surface area contributed by atoms with E-state index < -0.39 is 10.0 Å². The first-order valence-electron chi connectivity index (χ1n) is 8.59. The summed E-state index contributed by atoms with van der Waals surface area (Å²) in [5.74, 6) is -0.134. The van der Waals surface area contributed by atoms with E-state index in [2.05, 4.69) is 10.2 Å². The molecule has 0 aliphatic carbocycles. The van der Waals surface area contributed by atoms with Gasteiger partial charge in [-0.3, -0.25) is 9.59 Å². The molecule has 2 fully saturated rings. The second kappa shape index (κ2) is 7.31. The van der Waals surface area contributed by atoms with Crippen LogP contribution < -0.4 is 0 Å². The van der Waals surface area contributed by atoms with Gasteiger partial charge in [0.05, 0.1) is 6.26 Å². The molecule has 2 aliphatic heterocycles. The number of sulfonamides is 1. The minimum absolute atomic E-state index is 0.0320. The Morgan fingerprint density at radius 1 is 1.00 bits per heavy atom. The van der Waals surface area contributed by atoms with Crippen LogP contribution in [0.15, 0.2) is 4.42 Å². The molecule has 2 aliphatic rings. The lowest BCUT2D eigenvalue weighted by Gasteiger charge is -2.37. The van der Waals surface area contributed by atoms with Crippen molar-refractivity contribution >= 4 is 21.8 Å². The first-order valence-corrected chi connectivity index (χ1v) is 10.4. The molecule has 144 valence electrons. The molecule has 0 saturated carbocycles. The Balaban J connectivity index is 1.50. The molecule has 2 saturated heterocycles. The quantitative estimate of drug-likeness (QED) is 0.677. The Hall–Kier alpha value is -2.01. The molecule has 26 heavy (non-hydrogen) atoms. The van der Waals surface area contributed by atoms with Gasteiger partial charge < -0.3 is 14.2 Å². The fourth-order valence-corrected chi connectivity index (χ4v) is 4.21. The molecular formula is C15H23N5O5S. The van der Waals surface area contributed by atoms with Gasteiger partial charge in [0.25, 0.3) is 0 Å². The van der Waals surface area contributed by atoms with Crippen molar-refractivity contribution in [3.8, 4) is 0 Å². The monoisotopic (exact) mass is 385 g/mol. The summed E-state index contributed by atoms with van der Waals surface area (Å²) in [6, 6.07) is 0. The maximum Gasteiger partial charge on any atom is 0.311 e. The summed E-state index contributed by atoms with van der Waals surface area (Å²) >= 11 is 0. The largest absolute Gasteiger partial charge is 0.417 e. The summed E-state index contributed by atoms with van der Waals surface area (Å²) in [5, 5.41) is 7.39. The van der Waals surface area contributed by atoms with Crippen molar-refractivity contribution in [2.75, 3.05) is 45.5 Å². The number of carbonyl (C=O) groups excluding carboxylic acids is 2. The molecule has 1 aromatic heterocycles. The van der Waals surface area contributed by atoms with Gasteiger partial charge in [0.1, 0.15) is 0 Å². The van der Waals surface area contributed by atoms with Crippen molar-refractivity contribution < 1.29 is 22.4 Å². The van der Waals surface area contributed by atoms with Gasteiger partial charge in [-0.15, -0.1) is 10.2 Å². The lowest BCUT2D eigenvalue weighted by atomic mass is 9.96. The number of nitrogens with zero attached hydrogens (tertiary/aromatic N) is 5. The van der Waals surface area contributed by atoms with Gasteiger partial charge in [0, 0.05) is 52.1 Å². The average Bonchev–Trinajstić information content (AvgIpc) is 3.06. The summed E-state index contributed by atoms with van der Waals surface area (Å²) in [6.07, 6.45) is 2.26. The fraction of sp³-hybridized carbons (Fsp3) is 0.733. The maximum atomic E-state index is 12.7. The molecule has 0 N–H and O–H groups in total. The van der Waals surface area contributed by atoms with Crippen molar-refractivity contribution in [2.45, 2.75) is 19.8 Å². The van der Waals surface area contributed by atoms with Gasteiger partial charge in [-0.05, 0) is 12.8 Å². The number of hydrogen-bond donors (Lipinski definition) is 0. The average molecular weight is 385 g/mol. The van der Waals surface area contributed by atoms with Gasteiger partial charge in [0.15, 0.2) is 0 Å². The van der Waals surface area contributed by atoms with E-state index in [1.165, 1.54) is 10.6 Å². The van der Waals surface area contributed by atoms with E-state index in [1.807, 2.05) is 0 Å². The van der Waals surface area contributed by atoms with Crippen LogP contribution in [0.1, 0.15) is 29.4 Å². The SMILES string of the molecule is Cc1nnc(C(=O)N2CCN(C(=O)C3CCN(S(C)(=O)=O)CC3)CC2)o1. The van der Waals surface area contributed by atoms with E-state index in [0.29, 0.717) is 58.0 Å². The van der Waals surface area contributed by atoms with E-state index in [9.17, 15) is 18.0 Å². The lowest BCUT2D eigenvalue weighted by Crippen LogP contribution is -2.53. The van der Waals surface area contributed by atoms with Crippen molar-refractivity contribution in [1.82, 2.24) is 24.3 Å². The number of amides is 2. The third-order valence-electron chi connectivity index (χ3n) is 4.86. The van der Waals surface area contributed by atoms with E-state index in [1.54, 1.807) is 16.7 Å². The number of piperazine rings is 1. The van der Waals surface area contributed by atoms with Crippen LogP contribution >= 0.6 is 0 Å². The highest BCUT2D eigenvalue weighted by atomic mass is 32.2. The van der Waals surface area contributed by atoms with Crippen LogP contribution in [0.4, 0.5) is 0 Å². The third-order valence-corrected chi connectivity index (χ3v) is 6.16. The van der Waals surface area contributed by atoms with Crippen LogP contribution in [0.5, 0.6) is 0 Å². The number of rotatable bonds is 3. The molecule has 0 spiro atoms. The van der Waals surface area contributed by atoms with E-state index in [-0.39, 0.29) is 23.6 Å². The predicted molar refractivity (Wildman–Crippen MR) is 90.7 cm³/mol. The van der Waals surface area contributed by atoms with Gasteiger partial charge in [-0.2, -0.15) is 0 Å². The van der Waals surface area contributed by atoms with Gasteiger partial charge in [0.2, 0.25) is 21.8 Å². The standard InChI is InChI=1S/C15H23N5O5S/c1-11-16-17-13(25-11)15(22)19-9-7-18(8-10-19)14(21)12-3-5-20(6-4-12)26(2,23)24/h12H,3-10H2,1-2H3. The molecular weight excluding hydrogens is 362 g/mol. The molecule has 0 bridgehead atoms. The van der Waals surface area contributed by atoms with Gasteiger partial charge in [-0.1, -0.05) is 0 Å². The Morgan fingerprint density at radius 2 is 1.58 bits per heavy atom. The normalized spacial score (nSPS) is 20.4. The zero-order chi connectivity index (χ0) is 18.9. The van der Waals surface area contributed by atoms with Gasteiger partial charge in [-0.25, -0.2) is 12.7 Å². The summed E-state index contributed by atoms with van der Waals surface area (Å²) in [7, 11) is -3.20. The fourth-order valence-electron chi connectivity index (χ4n) is 3.34. The van der Waals surface area contributed by atoms with Crippen LogP contribution in [-0.2, 0) is 14.8 Å². The van der Waals surface area contributed by atoms with Crippen LogP contribution in [0, 0.1) is 12.8 Å². The minimum atomic E-state index is -3.20. The van der Waals surface area contributed by atoms with Crippen LogP contribution in [0.3, 0.4) is 0 Å². The number of piperidine rings is 1. The van der Waals surface area contributed by atoms with Gasteiger partial charge >= 0.3 is 11.8 Å². The summed E-state index contributed by atoms with van der Waals surface area (Å²) < 4.78 is 29.7. The zero-order valence-electron chi connectivity index (χ0n) is 14.9. The highest BCUT2D eigenvalue weighted by Crippen LogP contribution is 2.22. The number of carbonyl (C=O) groups is 2. The first-order chi connectivity index (χ1) is 12.3. The molecule has 0 aromatic carbocycles. The molecule has 2 amide bonds. The topological polar surface area (TPSA) is 117 Å². The second-order valence-corrected chi connectivity index (χ2v) is 8.66. The van der Waals surface area contributed by atoms with Crippen LogP contribution in [0.25, 0.3) is 0 Å². The zero-order valence-corrected chi connectivity index (χ0v) is 15.7. The highest BCUT2D eigenvalue weighted by molar-refractivity contribution is 7.88. The number of hydrogen-bond acceptors (Lipinski definition) is 7.